The lowest BCUT2D eigenvalue weighted by atomic mass is 10.3. The molecular formula is C9H16N2O. The molecule has 0 aliphatic carbocycles. The van der Waals surface area contributed by atoms with Gasteiger partial charge in [-0.3, -0.25) is 4.68 Å². The summed E-state index contributed by atoms with van der Waals surface area (Å²) < 4.78 is 7.06. The first kappa shape index (κ1) is 9.26. The summed E-state index contributed by atoms with van der Waals surface area (Å²) in [6.45, 7) is 4.99. The summed E-state index contributed by atoms with van der Waals surface area (Å²) in [4.78, 5) is 0. The molecule has 0 amide bonds. The maximum Gasteiger partial charge on any atom is 0.0739 e. The number of hydrogen-bond donors (Lipinski definition) is 0. The van der Waals surface area contributed by atoms with E-state index in [9.17, 15) is 0 Å². The predicted octanol–water partition coefficient (Wildman–Crippen LogP) is 1.48. The lowest BCUT2D eigenvalue weighted by Crippen LogP contribution is -2.14. The van der Waals surface area contributed by atoms with Crippen LogP contribution in [0.4, 0.5) is 0 Å². The number of rotatable bonds is 4. The van der Waals surface area contributed by atoms with Crippen LogP contribution in [-0.4, -0.2) is 23.0 Å². The van der Waals surface area contributed by atoms with Gasteiger partial charge in [-0.05, 0) is 18.9 Å². The third-order valence-corrected chi connectivity index (χ3v) is 1.94. The molecule has 12 heavy (non-hydrogen) atoms. The molecule has 0 saturated heterocycles. The third-order valence-electron chi connectivity index (χ3n) is 1.94. The fourth-order valence-electron chi connectivity index (χ4n) is 1.03. The van der Waals surface area contributed by atoms with Gasteiger partial charge in [0.1, 0.15) is 0 Å². The molecular weight excluding hydrogens is 152 g/mol. The van der Waals surface area contributed by atoms with Crippen molar-refractivity contribution in [3.8, 4) is 0 Å². The van der Waals surface area contributed by atoms with E-state index >= 15 is 0 Å². The van der Waals surface area contributed by atoms with Crippen molar-refractivity contribution in [1.29, 1.82) is 0 Å². The molecule has 1 heterocycles. The van der Waals surface area contributed by atoms with Crippen LogP contribution in [0.25, 0.3) is 0 Å². The highest BCUT2D eigenvalue weighted by Crippen LogP contribution is 2.00. The lowest BCUT2D eigenvalue weighted by Gasteiger charge is -2.08. The van der Waals surface area contributed by atoms with Crippen LogP contribution in [0.2, 0.25) is 0 Å². The zero-order valence-corrected chi connectivity index (χ0v) is 7.95. The number of hydrogen-bond acceptors (Lipinski definition) is 2. The Morgan fingerprint density at radius 1 is 1.67 bits per heavy atom. The Balaban J connectivity index is 2.52. The molecule has 0 radical (unpaired) electrons. The minimum atomic E-state index is 0.231. The molecule has 1 aromatic heterocycles. The van der Waals surface area contributed by atoms with Gasteiger partial charge in [0.05, 0.1) is 18.8 Å². The van der Waals surface area contributed by atoms with Crippen LogP contribution in [-0.2, 0) is 17.7 Å². The molecule has 3 heteroatoms. The number of methoxy groups -OCH3 is 1. The van der Waals surface area contributed by atoms with Crippen molar-refractivity contribution >= 4 is 0 Å². The molecule has 68 valence electrons. The maximum atomic E-state index is 5.14. The van der Waals surface area contributed by atoms with E-state index in [0.29, 0.717) is 0 Å². The van der Waals surface area contributed by atoms with E-state index < -0.39 is 0 Å². The fraction of sp³-hybridized carbons (Fsp3) is 0.667. The maximum absolute atomic E-state index is 5.14. The molecule has 0 N–H and O–H groups in total. The smallest absolute Gasteiger partial charge is 0.0739 e. The summed E-state index contributed by atoms with van der Waals surface area (Å²) in [5, 5.41) is 4.21. The normalized spacial score (nSPS) is 13.2. The molecule has 3 nitrogen and oxygen atoms in total. The van der Waals surface area contributed by atoms with Crippen molar-refractivity contribution in [2.75, 3.05) is 7.11 Å². The van der Waals surface area contributed by atoms with Crippen molar-refractivity contribution < 1.29 is 4.74 Å². The van der Waals surface area contributed by atoms with Crippen LogP contribution in [0.3, 0.4) is 0 Å². The van der Waals surface area contributed by atoms with Crippen LogP contribution < -0.4 is 0 Å². The molecule has 0 bridgehead atoms. The standard InChI is InChI=1S/C9H16N2O/c1-4-9-5-10-11(7-9)6-8(2)12-3/h5,7-8H,4,6H2,1-3H3. The van der Waals surface area contributed by atoms with Crippen LogP contribution in [0.15, 0.2) is 12.4 Å². The molecule has 0 aliphatic heterocycles. The van der Waals surface area contributed by atoms with Gasteiger partial charge >= 0.3 is 0 Å². The van der Waals surface area contributed by atoms with E-state index in [1.165, 1.54) is 5.56 Å². The van der Waals surface area contributed by atoms with Gasteiger partial charge < -0.3 is 4.74 Å². The van der Waals surface area contributed by atoms with Gasteiger partial charge in [0.25, 0.3) is 0 Å². The van der Waals surface area contributed by atoms with E-state index in [4.69, 9.17) is 4.74 Å². The second-order valence-corrected chi connectivity index (χ2v) is 2.97. The van der Waals surface area contributed by atoms with Crippen molar-refractivity contribution in [2.24, 2.45) is 0 Å². The van der Waals surface area contributed by atoms with Crippen LogP contribution in [0.1, 0.15) is 19.4 Å². The van der Waals surface area contributed by atoms with Gasteiger partial charge in [0.15, 0.2) is 0 Å². The zero-order valence-electron chi connectivity index (χ0n) is 7.95. The van der Waals surface area contributed by atoms with Gasteiger partial charge in [0, 0.05) is 13.3 Å². The lowest BCUT2D eigenvalue weighted by molar-refractivity contribution is 0.0998. The highest BCUT2D eigenvalue weighted by atomic mass is 16.5. The van der Waals surface area contributed by atoms with Gasteiger partial charge in [-0.1, -0.05) is 6.92 Å². The topological polar surface area (TPSA) is 27.1 Å². The fourth-order valence-corrected chi connectivity index (χ4v) is 1.03. The van der Waals surface area contributed by atoms with Crippen molar-refractivity contribution in [3.05, 3.63) is 18.0 Å². The monoisotopic (exact) mass is 168 g/mol. The summed E-state index contributed by atoms with van der Waals surface area (Å²) in [6.07, 6.45) is 5.24. The van der Waals surface area contributed by atoms with Crippen LogP contribution in [0, 0.1) is 0 Å². The van der Waals surface area contributed by atoms with E-state index in [0.717, 1.165) is 13.0 Å². The summed E-state index contributed by atoms with van der Waals surface area (Å²) >= 11 is 0. The van der Waals surface area contributed by atoms with Gasteiger partial charge in [-0.15, -0.1) is 0 Å². The Bertz CT molecular complexity index is 232. The summed E-state index contributed by atoms with van der Waals surface area (Å²) in [5.41, 5.74) is 1.28. The number of aryl methyl sites for hydroxylation is 1. The van der Waals surface area contributed by atoms with Gasteiger partial charge in [-0.25, -0.2) is 0 Å². The molecule has 0 spiro atoms. The highest BCUT2D eigenvalue weighted by molar-refractivity contribution is 5.02. The van der Waals surface area contributed by atoms with Crippen LogP contribution >= 0.6 is 0 Å². The van der Waals surface area contributed by atoms with Gasteiger partial charge in [-0.2, -0.15) is 5.10 Å². The van der Waals surface area contributed by atoms with E-state index in [-0.39, 0.29) is 6.10 Å². The molecule has 1 aromatic rings. The Morgan fingerprint density at radius 3 is 2.92 bits per heavy atom. The Kier molecular flexibility index (Phi) is 3.29. The second-order valence-electron chi connectivity index (χ2n) is 2.97. The first-order valence-electron chi connectivity index (χ1n) is 4.30. The summed E-state index contributed by atoms with van der Waals surface area (Å²) in [7, 11) is 1.72. The van der Waals surface area contributed by atoms with E-state index in [2.05, 4.69) is 18.2 Å². The van der Waals surface area contributed by atoms with Crippen molar-refractivity contribution in [2.45, 2.75) is 32.9 Å². The predicted molar refractivity (Wildman–Crippen MR) is 48.1 cm³/mol. The summed E-state index contributed by atoms with van der Waals surface area (Å²) in [6, 6.07) is 0. The molecule has 0 fully saturated rings. The molecule has 1 rings (SSSR count). The molecule has 0 aromatic carbocycles. The van der Waals surface area contributed by atoms with Crippen molar-refractivity contribution in [3.63, 3.8) is 0 Å². The largest absolute Gasteiger partial charge is 0.380 e. The second kappa shape index (κ2) is 4.26. The first-order chi connectivity index (χ1) is 5.76. The number of aromatic nitrogens is 2. The Hall–Kier alpha value is -0.830. The van der Waals surface area contributed by atoms with Gasteiger partial charge in [0.2, 0.25) is 0 Å². The van der Waals surface area contributed by atoms with Crippen LogP contribution in [0.5, 0.6) is 0 Å². The van der Waals surface area contributed by atoms with Crippen molar-refractivity contribution in [1.82, 2.24) is 9.78 Å². The minimum Gasteiger partial charge on any atom is -0.380 e. The SMILES string of the molecule is CCc1cnn(CC(C)OC)c1. The quantitative estimate of drug-likeness (QED) is 0.681. The molecule has 1 atom stereocenters. The molecule has 1 unspecified atom stereocenters. The number of nitrogens with zero attached hydrogens (tertiary/aromatic N) is 2. The minimum absolute atomic E-state index is 0.231. The summed E-state index contributed by atoms with van der Waals surface area (Å²) in [5.74, 6) is 0. The third kappa shape index (κ3) is 2.34. The molecule has 0 aliphatic rings. The number of ether oxygens (including phenoxy) is 1. The average molecular weight is 168 g/mol. The zero-order chi connectivity index (χ0) is 8.97. The molecule has 0 saturated carbocycles. The van der Waals surface area contributed by atoms with E-state index in [1.807, 2.05) is 17.8 Å². The first-order valence-corrected chi connectivity index (χ1v) is 4.30. The average Bonchev–Trinajstić information content (AvgIpc) is 2.52. The van der Waals surface area contributed by atoms with E-state index in [1.54, 1.807) is 7.11 Å². The Labute approximate surface area is 73.3 Å². The Morgan fingerprint density at radius 2 is 2.42 bits per heavy atom. The highest BCUT2D eigenvalue weighted by Gasteiger charge is 2.01.